The molecule has 0 aromatic heterocycles. The lowest BCUT2D eigenvalue weighted by atomic mass is 10.1. The molecule has 0 bridgehead atoms. The number of hydrogen-bond donors (Lipinski definition) is 0. The molecule has 0 heterocycles. The average molecular weight is 236 g/mol. The van der Waals surface area contributed by atoms with E-state index >= 15 is 0 Å². The molecule has 0 aliphatic rings. The van der Waals surface area contributed by atoms with E-state index in [0.717, 1.165) is 18.6 Å². The maximum Gasteiger partial charge on any atom is 0.165 e. The van der Waals surface area contributed by atoms with E-state index in [-0.39, 0.29) is 5.78 Å². The quantitative estimate of drug-likeness (QED) is 0.488. The van der Waals surface area contributed by atoms with Crippen molar-refractivity contribution in [3.05, 3.63) is 35.9 Å². The topological polar surface area (TPSA) is 35.5 Å². The molecule has 0 atom stereocenters. The van der Waals surface area contributed by atoms with Crippen molar-refractivity contribution in [1.29, 1.82) is 0 Å². The van der Waals surface area contributed by atoms with Gasteiger partial charge in [0.05, 0.1) is 19.8 Å². The molecule has 0 spiro atoms. The Bertz CT molecular complexity index is 309. The summed E-state index contributed by atoms with van der Waals surface area (Å²) in [7, 11) is 0. The minimum Gasteiger partial charge on any atom is -0.379 e. The number of carbonyl (C=O) groups is 1. The highest BCUT2D eigenvalue weighted by molar-refractivity contribution is 5.96. The van der Waals surface area contributed by atoms with Gasteiger partial charge in [-0.05, 0) is 6.42 Å². The molecule has 0 saturated heterocycles. The van der Waals surface area contributed by atoms with Gasteiger partial charge in [0.15, 0.2) is 5.78 Å². The Morgan fingerprint density at radius 2 is 1.65 bits per heavy atom. The van der Waals surface area contributed by atoms with Crippen LogP contribution in [0.1, 0.15) is 30.1 Å². The summed E-state index contributed by atoms with van der Waals surface area (Å²) >= 11 is 0. The van der Waals surface area contributed by atoms with Crippen molar-refractivity contribution >= 4 is 5.78 Å². The van der Waals surface area contributed by atoms with Gasteiger partial charge in [-0.15, -0.1) is 0 Å². The third-order valence-electron chi connectivity index (χ3n) is 2.29. The van der Waals surface area contributed by atoms with Gasteiger partial charge >= 0.3 is 0 Å². The van der Waals surface area contributed by atoms with Crippen LogP contribution in [0, 0.1) is 0 Å². The van der Waals surface area contributed by atoms with Crippen LogP contribution in [0.3, 0.4) is 0 Å². The molecule has 0 amide bonds. The minimum atomic E-state index is 0.125. The fourth-order valence-electron chi connectivity index (χ4n) is 1.40. The summed E-state index contributed by atoms with van der Waals surface area (Å²) in [6, 6.07) is 9.29. The molecule has 17 heavy (non-hydrogen) atoms. The summed E-state index contributed by atoms with van der Waals surface area (Å²) in [4.78, 5) is 11.7. The molecule has 0 aliphatic carbocycles. The Balaban J connectivity index is 2.05. The van der Waals surface area contributed by atoms with Crippen molar-refractivity contribution < 1.29 is 14.3 Å². The number of carbonyl (C=O) groups excluding carboxylic acids is 1. The van der Waals surface area contributed by atoms with E-state index in [2.05, 4.69) is 6.92 Å². The van der Waals surface area contributed by atoms with Crippen LogP contribution in [0.5, 0.6) is 0 Å². The van der Waals surface area contributed by atoms with Crippen molar-refractivity contribution in [3.8, 4) is 0 Å². The third-order valence-corrected chi connectivity index (χ3v) is 2.29. The first-order valence-corrected chi connectivity index (χ1v) is 6.08. The number of rotatable bonds is 9. The smallest absolute Gasteiger partial charge is 0.165 e. The monoisotopic (exact) mass is 236 g/mol. The highest BCUT2D eigenvalue weighted by Gasteiger charge is 2.03. The Morgan fingerprint density at radius 1 is 1.00 bits per heavy atom. The second kappa shape index (κ2) is 8.90. The zero-order chi connectivity index (χ0) is 12.3. The minimum absolute atomic E-state index is 0.125. The van der Waals surface area contributed by atoms with Crippen LogP contribution in [0.15, 0.2) is 30.3 Å². The molecule has 0 N–H and O–H groups in total. The fraction of sp³-hybridized carbons (Fsp3) is 0.500. The molecule has 0 radical (unpaired) electrons. The molecule has 0 saturated carbocycles. The highest BCUT2D eigenvalue weighted by Crippen LogP contribution is 2.02. The van der Waals surface area contributed by atoms with E-state index in [4.69, 9.17) is 9.47 Å². The summed E-state index contributed by atoms with van der Waals surface area (Å²) in [5.41, 5.74) is 0.748. The van der Waals surface area contributed by atoms with E-state index in [1.165, 1.54) is 0 Å². The summed E-state index contributed by atoms with van der Waals surface area (Å²) < 4.78 is 10.6. The molecule has 94 valence electrons. The molecule has 1 aromatic carbocycles. The summed E-state index contributed by atoms with van der Waals surface area (Å²) in [5, 5.41) is 0. The number of Topliss-reactive ketones (excluding diaryl/α,β-unsaturated/α-hetero) is 1. The lowest BCUT2D eigenvalue weighted by Gasteiger charge is -2.04. The van der Waals surface area contributed by atoms with Crippen molar-refractivity contribution in [1.82, 2.24) is 0 Å². The van der Waals surface area contributed by atoms with Crippen LogP contribution >= 0.6 is 0 Å². The molecular formula is C14H20O3. The summed E-state index contributed by atoms with van der Waals surface area (Å²) in [6.07, 6.45) is 1.45. The lowest BCUT2D eigenvalue weighted by molar-refractivity contribution is 0.0458. The van der Waals surface area contributed by atoms with Crippen LogP contribution in [-0.4, -0.2) is 32.2 Å². The lowest BCUT2D eigenvalue weighted by Crippen LogP contribution is -2.09. The standard InChI is InChI=1S/C14H20O3/c1-2-9-16-11-12-17-10-8-14(15)13-6-4-3-5-7-13/h3-7H,2,8-12H2,1H3. The average Bonchev–Trinajstić information content (AvgIpc) is 2.38. The van der Waals surface area contributed by atoms with Gasteiger partial charge in [-0.1, -0.05) is 37.3 Å². The van der Waals surface area contributed by atoms with Gasteiger partial charge in [-0.25, -0.2) is 0 Å². The number of ether oxygens (including phenoxy) is 2. The highest BCUT2D eigenvalue weighted by atomic mass is 16.5. The van der Waals surface area contributed by atoms with Gasteiger partial charge in [0.1, 0.15) is 0 Å². The number of hydrogen-bond acceptors (Lipinski definition) is 3. The summed E-state index contributed by atoms with van der Waals surface area (Å²) in [6.45, 7) is 4.46. The van der Waals surface area contributed by atoms with Crippen molar-refractivity contribution in [2.45, 2.75) is 19.8 Å². The van der Waals surface area contributed by atoms with Gasteiger partial charge in [0.25, 0.3) is 0 Å². The van der Waals surface area contributed by atoms with Crippen LogP contribution in [0.25, 0.3) is 0 Å². The van der Waals surface area contributed by atoms with Crippen molar-refractivity contribution in [2.24, 2.45) is 0 Å². The van der Waals surface area contributed by atoms with Crippen molar-refractivity contribution in [2.75, 3.05) is 26.4 Å². The molecule has 3 heteroatoms. The van der Waals surface area contributed by atoms with Crippen LogP contribution in [0.2, 0.25) is 0 Å². The predicted octanol–water partition coefficient (Wildman–Crippen LogP) is 2.70. The Morgan fingerprint density at radius 3 is 2.29 bits per heavy atom. The second-order valence-corrected chi connectivity index (χ2v) is 3.76. The third kappa shape index (κ3) is 6.19. The molecule has 0 unspecified atom stereocenters. The van der Waals surface area contributed by atoms with Crippen molar-refractivity contribution in [3.63, 3.8) is 0 Å². The van der Waals surface area contributed by atoms with E-state index < -0.39 is 0 Å². The van der Waals surface area contributed by atoms with Crippen LogP contribution in [-0.2, 0) is 9.47 Å². The van der Waals surface area contributed by atoms with E-state index in [1.807, 2.05) is 30.3 Å². The Labute approximate surface area is 103 Å². The van der Waals surface area contributed by atoms with Gasteiger partial charge in [-0.3, -0.25) is 4.79 Å². The molecule has 1 rings (SSSR count). The molecular weight excluding hydrogens is 216 g/mol. The molecule has 0 fully saturated rings. The number of ketones is 1. The Hall–Kier alpha value is -1.19. The molecule has 3 nitrogen and oxygen atoms in total. The van der Waals surface area contributed by atoms with E-state index in [9.17, 15) is 4.79 Å². The maximum atomic E-state index is 11.7. The fourth-order valence-corrected chi connectivity index (χ4v) is 1.40. The van der Waals surface area contributed by atoms with Gasteiger partial charge in [-0.2, -0.15) is 0 Å². The summed E-state index contributed by atoms with van der Waals surface area (Å²) in [5.74, 6) is 0.125. The van der Waals surface area contributed by atoms with Gasteiger partial charge in [0, 0.05) is 18.6 Å². The molecule has 1 aromatic rings. The van der Waals surface area contributed by atoms with Crippen LogP contribution in [0.4, 0.5) is 0 Å². The van der Waals surface area contributed by atoms with Gasteiger partial charge in [0.2, 0.25) is 0 Å². The second-order valence-electron chi connectivity index (χ2n) is 3.76. The van der Waals surface area contributed by atoms with E-state index in [0.29, 0.717) is 26.2 Å². The predicted molar refractivity (Wildman–Crippen MR) is 67.3 cm³/mol. The first-order chi connectivity index (χ1) is 8.34. The first kappa shape index (κ1) is 13.9. The first-order valence-electron chi connectivity index (χ1n) is 6.08. The SMILES string of the molecule is CCCOCCOCCC(=O)c1ccccc1. The molecule has 0 aliphatic heterocycles. The zero-order valence-electron chi connectivity index (χ0n) is 10.4. The Kier molecular flexibility index (Phi) is 7.27. The maximum absolute atomic E-state index is 11.7. The normalized spacial score (nSPS) is 10.4. The zero-order valence-corrected chi connectivity index (χ0v) is 10.4. The van der Waals surface area contributed by atoms with Gasteiger partial charge < -0.3 is 9.47 Å². The van der Waals surface area contributed by atoms with Crippen LogP contribution < -0.4 is 0 Å². The number of benzene rings is 1. The van der Waals surface area contributed by atoms with E-state index in [1.54, 1.807) is 0 Å². The largest absolute Gasteiger partial charge is 0.379 e.